The van der Waals surface area contributed by atoms with Crippen LogP contribution in [0.3, 0.4) is 0 Å². The maximum absolute atomic E-state index is 12.5. The van der Waals surface area contributed by atoms with Gasteiger partial charge in [-0.3, -0.25) is 4.79 Å². The Hall–Kier alpha value is -1.23. The summed E-state index contributed by atoms with van der Waals surface area (Å²) in [5.41, 5.74) is 0.282. The summed E-state index contributed by atoms with van der Waals surface area (Å²) in [5, 5.41) is 11.3. The summed E-state index contributed by atoms with van der Waals surface area (Å²) < 4.78 is 0. The number of carbonyl (C=O) groups excluding carboxylic acids is 1. The van der Waals surface area contributed by atoms with E-state index in [-0.39, 0.29) is 17.9 Å². The maximum atomic E-state index is 12.5. The average molecular weight is 307 g/mol. The zero-order chi connectivity index (χ0) is 14.8. The number of thioether (sulfide) groups is 1. The van der Waals surface area contributed by atoms with Crippen molar-refractivity contribution >= 4 is 23.6 Å². The van der Waals surface area contributed by atoms with Gasteiger partial charge in [-0.2, -0.15) is 0 Å². The lowest BCUT2D eigenvalue weighted by Crippen LogP contribution is -2.30. The first-order chi connectivity index (χ1) is 10.1. The minimum Gasteiger partial charge on any atom is -0.478 e. The largest absolute Gasteiger partial charge is 0.478 e. The van der Waals surface area contributed by atoms with Crippen molar-refractivity contribution in [1.82, 2.24) is 4.90 Å². The fraction of sp³-hybridized carbons (Fsp3) is 0.625. The molecule has 3 rings (SSSR count). The van der Waals surface area contributed by atoms with Gasteiger partial charge in [0, 0.05) is 18.0 Å². The van der Waals surface area contributed by atoms with Gasteiger partial charge in [0.2, 0.25) is 5.91 Å². The van der Waals surface area contributed by atoms with Gasteiger partial charge >= 0.3 is 5.97 Å². The van der Waals surface area contributed by atoms with Crippen molar-refractivity contribution in [2.75, 3.05) is 13.1 Å². The van der Waals surface area contributed by atoms with Crippen LogP contribution in [0.1, 0.15) is 38.5 Å². The van der Waals surface area contributed by atoms with E-state index in [1.807, 2.05) is 16.4 Å². The van der Waals surface area contributed by atoms with E-state index in [9.17, 15) is 14.7 Å². The molecule has 1 N–H and O–H groups in total. The van der Waals surface area contributed by atoms with Crippen LogP contribution in [0.4, 0.5) is 0 Å². The molecule has 1 amide bonds. The summed E-state index contributed by atoms with van der Waals surface area (Å²) in [4.78, 5) is 26.6. The van der Waals surface area contributed by atoms with Gasteiger partial charge in [0.25, 0.3) is 0 Å². The highest BCUT2D eigenvalue weighted by Gasteiger charge is 2.36. The number of carboxylic acid groups (broad SMARTS) is 1. The van der Waals surface area contributed by atoms with Gasteiger partial charge in [-0.1, -0.05) is 18.9 Å². The molecule has 3 aliphatic rings. The highest BCUT2D eigenvalue weighted by Crippen LogP contribution is 2.37. The Morgan fingerprint density at radius 1 is 1.24 bits per heavy atom. The predicted octanol–water partition coefficient (Wildman–Crippen LogP) is 3.01. The number of nitrogens with zero attached hydrogens (tertiary/aromatic N) is 1. The number of hydrogen-bond donors (Lipinski definition) is 1. The molecule has 0 aromatic heterocycles. The van der Waals surface area contributed by atoms with E-state index in [0.29, 0.717) is 18.3 Å². The molecule has 0 radical (unpaired) electrons. The molecule has 0 bridgehead atoms. The summed E-state index contributed by atoms with van der Waals surface area (Å²) in [5.74, 6) is 0.324. The molecule has 114 valence electrons. The van der Waals surface area contributed by atoms with Crippen LogP contribution >= 0.6 is 11.8 Å². The quantitative estimate of drug-likeness (QED) is 0.814. The second kappa shape index (κ2) is 6.26. The number of carboxylic acids is 1. The summed E-state index contributed by atoms with van der Waals surface area (Å²) in [6, 6.07) is 0. The number of rotatable bonds is 3. The molecule has 1 saturated carbocycles. The normalized spacial score (nSPS) is 30.4. The van der Waals surface area contributed by atoms with Crippen molar-refractivity contribution < 1.29 is 14.7 Å². The third-order valence-corrected chi connectivity index (χ3v) is 5.89. The Labute approximate surface area is 129 Å². The van der Waals surface area contributed by atoms with Crippen molar-refractivity contribution in [2.45, 2.75) is 38.5 Å². The molecular formula is C16H21NO3S. The van der Waals surface area contributed by atoms with Crippen LogP contribution in [0.25, 0.3) is 0 Å². The Morgan fingerprint density at radius 3 is 2.43 bits per heavy atom. The van der Waals surface area contributed by atoms with Crippen molar-refractivity contribution in [3.63, 3.8) is 0 Å². The molecule has 1 saturated heterocycles. The summed E-state index contributed by atoms with van der Waals surface area (Å²) in [6.07, 6.45) is 7.62. The topological polar surface area (TPSA) is 57.6 Å². The van der Waals surface area contributed by atoms with Gasteiger partial charge in [-0.05, 0) is 36.5 Å². The van der Waals surface area contributed by atoms with Crippen LogP contribution in [0.15, 0.2) is 22.0 Å². The van der Waals surface area contributed by atoms with Gasteiger partial charge < -0.3 is 10.0 Å². The first kappa shape index (κ1) is 14.7. The molecule has 4 nitrogen and oxygen atoms in total. The number of allylic oxidation sites excluding steroid dienone is 2. The highest BCUT2D eigenvalue weighted by atomic mass is 32.2. The molecule has 2 atom stereocenters. The zero-order valence-electron chi connectivity index (χ0n) is 12.1. The molecule has 0 aromatic rings. The monoisotopic (exact) mass is 307 g/mol. The van der Waals surface area contributed by atoms with Gasteiger partial charge in [0.05, 0.1) is 12.0 Å². The van der Waals surface area contributed by atoms with Crippen LogP contribution in [0.2, 0.25) is 0 Å². The highest BCUT2D eigenvalue weighted by molar-refractivity contribution is 8.06. The van der Waals surface area contributed by atoms with Crippen LogP contribution in [0.5, 0.6) is 0 Å². The molecule has 5 heteroatoms. The van der Waals surface area contributed by atoms with Crippen LogP contribution in [-0.2, 0) is 9.59 Å². The minimum atomic E-state index is -0.953. The number of hydrogen-bond acceptors (Lipinski definition) is 3. The zero-order valence-corrected chi connectivity index (χ0v) is 12.9. The fourth-order valence-corrected chi connectivity index (χ4v) is 4.54. The third kappa shape index (κ3) is 3.18. The van der Waals surface area contributed by atoms with Gasteiger partial charge in [-0.15, -0.1) is 11.8 Å². The van der Waals surface area contributed by atoms with Crippen molar-refractivity contribution in [2.24, 2.45) is 11.8 Å². The van der Waals surface area contributed by atoms with Crippen LogP contribution in [0, 0.1) is 11.8 Å². The molecule has 21 heavy (non-hydrogen) atoms. The molecule has 1 aliphatic carbocycles. The lowest BCUT2D eigenvalue weighted by molar-refractivity contribution is -0.136. The number of carbonyl (C=O) groups is 2. The molecule has 2 aliphatic heterocycles. The Morgan fingerprint density at radius 2 is 1.90 bits per heavy atom. The minimum absolute atomic E-state index is 0.0122. The Kier molecular flexibility index (Phi) is 4.38. The van der Waals surface area contributed by atoms with Crippen molar-refractivity contribution in [1.29, 1.82) is 0 Å². The lowest BCUT2D eigenvalue weighted by Gasteiger charge is -2.22. The van der Waals surface area contributed by atoms with Crippen molar-refractivity contribution in [3.05, 3.63) is 22.0 Å². The van der Waals surface area contributed by atoms with E-state index in [4.69, 9.17) is 0 Å². The van der Waals surface area contributed by atoms with Gasteiger partial charge in [-0.25, -0.2) is 4.79 Å². The maximum Gasteiger partial charge on any atom is 0.332 e. The molecule has 0 unspecified atom stereocenters. The fourth-order valence-electron chi connectivity index (χ4n) is 3.69. The summed E-state index contributed by atoms with van der Waals surface area (Å²) >= 11 is 1.43. The predicted molar refractivity (Wildman–Crippen MR) is 82.7 cm³/mol. The molecular weight excluding hydrogens is 286 g/mol. The number of aliphatic carboxylic acids is 1. The second-order valence-electron chi connectivity index (χ2n) is 6.18. The van der Waals surface area contributed by atoms with Crippen LogP contribution < -0.4 is 0 Å². The number of fused-ring (bicyclic) bond motifs is 1. The summed E-state index contributed by atoms with van der Waals surface area (Å²) in [6.45, 7) is 1.66. The average Bonchev–Trinajstić information content (AvgIpc) is 3.12. The third-order valence-electron chi connectivity index (χ3n) is 4.86. The Balaban J connectivity index is 1.65. The number of likely N-dealkylation sites (tertiary alicyclic amines) is 1. The van der Waals surface area contributed by atoms with E-state index >= 15 is 0 Å². The van der Waals surface area contributed by atoms with E-state index in [1.54, 1.807) is 0 Å². The first-order valence-corrected chi connectivity index (χ1v) is 8.58. The Bertz CT molecular complexity index is 488. The van der Waals surface area contributed by atoms with Gasteiger partial charge in [0.1, 0.15) is 0 Å². The van der Waals surface area contributed by atoms with E-state index in [0.717, 1.165) is 18.0 Å². The summed E-state index contributed by atoms with van der Waals surface area (Å²) in [7, 11) is 0. The van der Waals surface area contributed by atoms with E-state index < -0.39 is 5.97 Å². The lowest BCUT2D eigenvalue weighted by atomic mass is 9.82. The van der Waals surface area contributed by atoms with E-state index in [2.05, 4.69) is 0 Å². The molecule has 0 aromatic carbocycles. The van der Waals surface area contributed by atoms with Gasteiger partial charge in [0.15, 0.2) is 0 Å². The van der Waals surface area contributed by atoms with Crippen molar-refractivity contribution in [3.8, 4) is 0 Å². The standard InChI is InChI=1S/C16H21NO3S/c18-15(8-13(16(19)20)14-6-3-7-21-14)17-9-11-4-1-2-5-12(11)10-17/h3,7,11-12H,1-2,4-6,8-10H2,(H,19,20)/b14-13+/t11-,12+. The molecule has 2 heterocycles. The smallest absolute Gasteiger partial charge is 0.332 e. The number of amides is 1. The molecule has 2 fully saturated rings. The second-order valence-corrected chi connectivity index (χ2v) is 7.18. The molecule has 0 spiro atoms. The first-order valence-electron chi connectivity index (χ1n) is 7.70. The van der Waals surface area contributed by atoms with E-state index in [1.165, 1.54) is 37.4 Å². The SMILES string of the molecule is O=C(O)/C(CC(=O)N1C[C@H]2CCCC[C@H]2C1)=C1\CC=CS1. The van der Waals surface area contributed by atoms with Crippen LogP contribution in [-0.4, -0.2) is 35.0 Å².